The highest BCUT2D eigenvalue weighted by atomic mass is 32.2. The highest BCUT2D eigenvalue weighted by molar-refractivity contribution is 7.92. The second kappa shape index (κ2) is 7.14. The van der Waals surface area contributed by atoms with Gasteiger partial charge in [0.05, 0.1) is 5.75 Å². The number of hydrogen-bond donors (Lipinski definition) is 0. The van der Waals surface area contributed by atoms with Gasteiger partial charge >= 0.3 is 0 Å². The van der Waals surface area contributed by atoms with Crippen molar-refractivity contribution in [3.8, 4) is 0 Å². The Morgan fingerprint density at radius 1 is 1.12 bits per heavy atom. The SMILES string of the molecule is CCCCCCS(=O)(=O)C1CCCCCC1=O. The third kappa shape index (κ3) is 4.78. The summed E-state index contributed by atoms with van der Waals surface area (Å²) in [4.78, 5) is 11.8. The van der Waals surface area contributed by atoms with Crippen LogP contribution < -0.4 is 0 Å². The molecule has 17 heavy (non-hydrogen) atoms. The fraction of sp³-hybridized carbons (Fsp3) is 0.923. The van der Waals surface area contributed by atoms with Crippen LogP contribution >= 0.6 is 0 Å². The Kier molecular flexibility index (Phi) is 6.17. The Labute approximate surface area is 105 Å². The number of carbonyl (C=O) groups is 1. The van der Waals surface area contributed by atoms with Crippen LogP contribution in [-0.2, 0) is 14.6 Å². The quantitative estimate of drug-likeness (QED) is 0.545. The van der Waals surface area contributed by atoms with Crippen molar-refractivity contribution in [2.45, 2.75) is 70.0 Å². The fourth-order valence-corrected chi connectivity index (χ4v) is 4.32. The molecule has 0 saturated heterocycles. The molecule has 0 aromatic heterocycles. The Morgan fingerprint density at radius 2 is 1.88 bits per heavy atom. The molecule has 1 rings (SSSR count). The van der Waals surface area contributed by atoms with Gasteiger partial charge in [-0.1, -0.05) is 39.0 Å². The smallest absolute Gasteiger partial charge is 0.160 e. The van der Waals surface area contributed by atoms with Gasteiger partial charge in [-0.3, -0.25) is 4.79 Å². The Balaban J connectivity index is 2.52. The Hall–Kier alpha value is -0.380. The first-order valence-electron chi connectivity index (χ1n) is 6.82. The molecule has 0 aromatic carbocycles. The molecule has 1 fully saturated rings. The number of rotatable bonds is 6. The highest BCUT2D eigenvalue weighted by Gasteiger charge is 2.32. The lowest BCUT2D eigenvalue weighted by molar-refractivity contribution is -0.118. The van der Waals surface area contributed by atoms with Crippen LogP contribution in [-0.4, -0.2) is 25.2 Å². The van der Waals surface area contributed by atoms with Gasteiger partial charge in [0.1, 0.15) is 5.25 Å². The van der Waals surface area contributed by atoms with Crippen molar-refractivity contribution in [3.05, 3.63) is 0 Å². The zero-order valence-electron chi connectivity index (χ0n) is 10.8. The number of ketones is 1. The average molecular weight is 260 g/mol. The van der Waals surface area contributed by atoms with Crippen LogP contribution in [0.3, 0.4) is 0 Å². The number of sulfone groups is 1. The molecule has 1 unspecified atom stereocenters. The van der Waals surface area contributed by atoms with E-state index in [1.807, 2.05) is 0 Å². The predicted octanol–water partition coefficient (Wildman–Crippen LogP) is 2.88. The van der Waals surface area contributed by atoms with E-state index in [-0.39, 0.29) is 11.5 Å². The van der Waals surface area contributed by atoms with Gasteiger partial charge in [0, 0.05) is 6.42 Å². The lowest BCUT2D eigenvalue weighted by Gasteiger charge is -2.13. The summed E-state index contributed by atoms with van der Waals surface area (Å²) >= 11 is 0. The van der Waals surface area contributed by atoms with Crippen LogP contribution in [0.1, 0.15) is 64.7 Å². The van der Waals surface area contributed by atoms with Gasteiger partial charge in [-0.15, -0.1) is 0 Å². The van der Waals surface area contributed by atoms with E-state index in [0.717, 1.165) is 38.5 Å². The first kappa shape index (κ1) is 14.7. The molecule has 0 radical (unpaired) electrons. The van der Waals surface area contributed by atoms with E-state index in [2.05, 4.69) is 6.92 Å². The normalized spacial score (nSPS) is 22.4. The highest BCUT2D eigenvalue weighted by Crippen LogP contribution is 2.21. The zero-order chi connectivity index (χ0) is 12.7. The molecule has 0 bridgehead atoms. The van der Waals surface area contributed by atoms with E-state index in [1.54, 1.807) is 0 Å². The minimum Gasteiger partial charge on any atom is -0.298 e. The molecule has 0 aliphatic heterocycles. The average Bonchev–Trinajstić information content (AvgIpc) is 2.50. The van der Waals surface area contributed by atoms with Gasteiger partial charge in [0.2, 0.25) is 0 Å². The topological polar surface area (TPSA) is 51.2 Å². The van der Waals surface area contributed by atoms with Crippen molar-refractivity contribution in [2.24, 2.45) is 0 Å². The first-order chi connectivity index (χ1) is 8.08. The molecular formula is C13H24O3S. The van der Waals surface area contributed by atoms with Crippen LogP contribution in [0.4, 0.5) is 0 Å². The maximum atomic E-state index is 12.1. The fourth-order valence-electron chi connectivity index (χ4n) is 2.38. The van der Waals surface area contributed by atoms with Gasteiger partial charge in [0.25, 0.3) is 0 Å². The van der Waals surface area contributed by atoms with Crippen LogP contribution in [0.15, 0.2) is 0 Å². The van der Waals surface area contributed by atoms with E-state index in [0.29, 0.717) is 19.3 Å². The van der Waals surface area contributed by atoms with Crippen LogP contribution in [0.5, 0.6) is 0 Å². The summed E-state index contributed by atoms with van der Waals surface area (Å²) in [7, 11) is -3.19. The van der Waals surface area contributed by atoms with Crippen molar-refractivity contribution in [3.63, 3.8) is 0 Å². The van der Waals surface area contributed by atoms with Gasteiger partial charge in [-0.25, -0.2) is 8.42 Å². The monoisotopic (exact) mass is 260 g/mol. The van der Waals surface area contributed by atoms with E-state index >= 15 is 0 Å². The van der Waals surface area contributed by atoms with Gasteiger partial charge in [-0.05, 0) is 19.3 Å². The van der Waals surface area contributed by atoms with E-state index < -0.39 is 15.1 Å². The molecule has 3 nitrogen and oxygen atoms in total. The first-order valence-corrected chi connectivity index (χ1v) is 8.53. The van der Waals surface area contributed by atoms with Crippen molar-refractivity contribution in [1.29, 1.82) is 0 Å². The summed E-state index contributed by atoms with van der Waals surface area (Å²) in [5.41, 5.74) is 0. The molecule has 1 atom stereocenters. The third-order valence-corrected chi connectivity index (χ3v) is 5.69. The lowest BCUT2D eigenvalue weighted by atomic mass is 10.2. The molecule has 0 amide bonds. The summed E-state index contributed by atoms with van der Waals surface area (Å²) < 4.78 is 24.2. The standard InChI is InChI=1S/C13H24O3S/c1-2-3-4-8-11-17(15,16)13-10-7-5-6-9-12(13)14/h13H,2-11H2,1H3. The molecule has 100 valence electrons. The molecular weight excluding hydrogens is 236 g/mol. The van der Waals surface area contributed by atoms with Crippen molar-refractivity contribution in [1.82, 2.24) is 0 Å². The third-order valence-electron chi connectivity index (χ3n) is 3.46. The maximum Gasteiger partial charge on any atom is 0.160 e. The summed E-state index contributed by atoms with van der Waals surface area (Å²) in [5.74, 6) is 0.154. The van der Waals surface area contributed by atoms with Crippen molar-refractivity contribution >= 4 is 15.6 Å². The Morgan fingerprint density at radius 3 is 2.59 bits per heavy atom. The second-order valence-electron chi connectivity index (χ2n) is 4.98. The summed E-state index contributed by atoms with van der Waals surface area (Å²) in [6.45, 7) is 2.10. The molecule has 0 spiro atoms. The molecule has 1 aliphatic carbocycles. The second-order valence-corrected chi connectivity index (χ2v) is 7.28. The van der Waals surface area contributed by atoms with Gasteiger partial charge in [0.15, 0.2) is 15.6 Å². The molecule has 4 heteroatoms. The lowest BCUT2D eigenvalue weighted by Crippen LogP contribution is -2.31. The van der Waals surface area contributed by atoms with E-state index in [9.17, 15) is 13.2 Å². The largest absolute Gasteiger partial charge is 0.298 e. The summed E-state index contributed by atoms with van der Waals surface area (Å²) in [5, 5.41) is -0.688. The molecule has 1 aliphatic rings. The van der Waals surface area contributed by atoms with Gasteiger partial charge in [-0.2, -0.15) is 0 Å². The van der Waals surface area contributed by atoms with Crippen LogP contribution in [0.2, 0.25) is 0 Å². The summed E-state index contributed by atoms with van der Waals surface area (Å²) in [6, 6.07) is 0. The molecule has 0 aromatic rings. The number of carbonyl (C=O) groups excluding carboxylic acids is 1. The van der Waals surface area contributed by atoms with Gasteiger partial charge < -0.3 is 0 Å². The zero-order valence-corrected chi connectivity index (χ0v) is 11.6. The van der Waals surface area contributed by atoms with E-state index in [1.165, 1.54) is 0 Å². The number of unbranched alkanes of at least 4 members (excludes halogenated alkanes) is 3. The van der Waals surface area contributed by atoms with Crippen molar-refractivity contribution < 1.29 is 13.2 Å². The Bertz CT molecular complexity index is 333. The number of hydrogen-bond acceptors (Lipinski definition) is 3. The van der Waals surface area contributed by atoms with Crippen LogP contribution in [0.25, 0.3) is 0 Å². The molecule has 1 saturated carbocycles. The minimum atomic E-state index is -3.19. The van der Waals surface area contributed by atoms with E-state index in [4.69, 9.17) is 0 Å². The number of Topliss-reactive ketones (excluding diaryl/α,β-unsaturated/α-hetero) is 1. The van der Waals surface area contributed by atoms with Crippen molar-refractivity contribution in [2.75, 3.05) is 5.75 Å². The minimum absolute atomic E-state index is 0.0435. The summed E-state index contributed by atoms with van der Waals surface area (Å²) in [6.07, 6.45) is 7.58. The predicted molar refractivity (Wildman–Crippen MR) is 69.8 cm³/mol. The molecule has 0 N–H and O–H groups in total. The molecule has 0 heterocycles. The van der Waals surface area contributed by atoms with Crippen LogP contribution in [0, 0.1) is 0 Å². The maximum absolute atomic E-state index is 12.1.